The normalized spacial score (nSPS) is 15.6. The first kappa shape index (κ1) is 30.8. The molecule has 11 nitrogen and oxygen atoms in total. The molecule has 0 fully saturated rings. The lowest BCUT2D eigenvalue weighted by Gasteiger charge is -2.19. The van der Waals surface area contributed by atoms with Gasteiger partial charge in [0.25, 0.3) is 11.8 Å². The van der Waals surface area contributed by atoms with Gasteiger partial charge < -0.3 is 29.6 Å². The van der Waals surface area contributed by atoms with E-state index in [2.05, 4.69) is 20.3 Å². The third kappa shape index (κ3) is 5.21. The van der Waals surface area contributed by atoms with E-state index < -0.39 is 11.7 Å². The molecular formula is C37H33ClN6O5. The van der Waals surface area contributed by atoms with Crippen LogP contribution in [0.4, 0.5) is 21.9 Å². The molecule has 2 aliphatic heterocycles. The number of phenolic OH excluding ortho intramolecular Hbond substituents is 1. The summed E-state index contributed by atoms with van der Waals surface area (Å²) >= 11 is 6.40. The highest BCUT2D eigenvalue weighted by Crippen LogP contribution is 2.46. The SMILES string of the molecule is CC(C)(C)OC(=O)Nc1ccc2[nH]c(C(=O)N3CCc4c3ccc3[nH]c(C(=O)N5C[C@H](CCl)c6c5cc(O)c5ccccc65)cc43)nc2c1. The number of alkyl halides is 1. The molecule has 0 saturated carbocycles. The van der Waals surface area contributed by atoms with Gasteiger partial charge in [0, 0.05) is 58.6 Å². The lowest BCUT2D eigenvalue weighted by Crippen LogP contribution is -2.30. The lowest BCUT2D eigenvalue weighted by atomic mass is 9.95. The summed E-state index contributed by atoms with van der Waals surface area (Å²) in [5, 5.41) is 16.0. The fourth-order valence-electron chi connectivity index (χ4n) is 7.06. The van der Waals surface area contributed by atoms with Crippen molar-refractivity contribution in [2.45, 2.75) is 38.7 Å². The predicted molar refractivity (Wildman–Crippen MR) is 190 cm³/mol. The highest BCUT2D eigenvalue weighted by atomic mass is 35.5. The van der Waals surface area contributed by atoms with Crippen LogP contribution in [-0.4, -0.2) is 62.5 Å². The molecule has 0 aliphatic carbocycles. The molecule has 4 N–H and O–H groups in total. The number of halogens is 1. The Kier molecular flexibility index (Phi) is 7.07. The minimum absolute atomic E-state index is 0.0783. The topological polar surface area (TPSA) is 144 Å². The van der Waals surface area contributed by atoms with Crippen LogP contribution in [0.1, 0.15) is 58.9 Å². The molecule has 1 atom stereocenters. The number of H-pyrrole nitrogens is 2. The Bertz CT molecular complexity index is 2360. The van der Waals surface area contributed by atoms with Crippen molar-refractivity contribution in [2.75, 3.05) is 34.1 Å². The molecule has 3 amide bonds. The number of anilines is 3. The van der Waals surface area contributed by atoms with Gasteiger partial charge in [-0.1, -0.05) is 24.3 Å². The van der Waals surface area contributed by atoms with Crippen LogP contribution >= 0.6 is 11.6 Å². The number of fused-ring (bicyclic) bond motifs is 7. The summed E-state index contributed by atoms with van der Waals surface area (Å²) in [4.78, 5) is 54.4. The number of nitrogens with zero attached hydrogens (tertiary/aromatic N) is 3. The molecule has 6 aromatic rings. The molecule has 2 aromatic heterocycles. The number of aromatic nitrogens is 3. The fourth-order valence-corrected chi connectivity index (χ4v) is 7.31. The highest BCUT2D eigenvalue weighted by Gasteiger charge is 2.36. The van der Waals surface area contributed by atoms with Crippen LogP contribution in [0.3, 0.4) is 0 Å². The van der Waals surface area contributed by atoms with E-state index in [0.717, 1.165) is 38.5 Å². The number of carbonyl (C=O) groups is 3. The van der Waals surface area contributed by atoms with Gasteiger partial charge in [-0.25, -0.2) is 9.78 Å². The summed E-state index contributed by atoms with van der Waals surface area (Å²) in [7, 11) is 0. The van der Waals surface area contributed by atoms with Crippen molar-refractivity contribution in [3.63, 3.8) is 0 Å². The van der Waals surface area contributed by atoms with E-state index in [1.54, 1.807) is 54.8 Å². The number of aromatic amines is 2. The van der Waals surface area contributed by atoms with Gasteiger partial charge in [-0.15, -0.1) is 11.6 Å². The average Bonchev–Trinajstić information content (AvgIpc) is 3.86. The Balaban J connectivity index is 1.06. The molecule has 0 saturated heterocycles. The Labute approximate surface area is 285 Å². The molecular weight excluding hydrogens is 644 g/mol. The zero-order chi connectivity index (χ0) is 34.2. The third-order valence-corrected chi connectivity index (χ3v) is 9.52. The largest absolute Gasteiger partial charge is 0.507 e. The quantitative estimate of drug-likeness (QED) is 0.143. The Morgan fingerprint density at radius 2 is 1.71 bits per heavy atom. The van der Waals surface area contributed by atoms with Gasteiger partial charge in [-0.2, -0.15) is 0 Å². The first-order valence-electron chi connectivity index (χ1n) is 16.1. The molecule has 4 aromatic carbocycles. The van der Waals surface area contributed by atoms with Crippen LogP contribution in [0, 0.1) is 0 Å². The van der Waals surface area contributed by atoms with E-state index in [0.29, 0.717) is 53.5 Å². The number of rotatable bonds is 4. The molecule has 2 aliphatic rings. The molecule has 0 bridgehead atoms. The van der Waals surface area contributed by atoms with E-state index in [4.69, 9.17) is 16.3 Å². The Morgan fingerprint density at radius 1 is 0.939 bits per heavy atom. The summed E-state index contributed by atoms with van der Waals surface area (Å²) in [6.45, 7) is 6.22. The number of aromatic hydroxyl groups is 1. The molecule has 0 radical (unpaired) electrons. The van der Waals surface area contributed by atoms with Crippen LogP contribution in [0.5, 0.6) is 5.75 Å². The smallest absolute Gasteiger partial charge is 0.412 e. The number of phenols is 1. The molecule has 248 valence electrons. The maximum Gasteiger partial charge on any atom is 0.412 e. The van der Waals surface area contributed by atoms with Crippen molar-refractivity contribution in [3.05, 3.63) is 89.4 Å². The minimum atomic E-state index is -0.635. The number of amides is 3. The molecule has 12 heteroatoms. The van der Waals surface area contributed by atoms with Crippen molar-refractivity contribution in [1.29, 1.82) is 0 Å². The maximum absolute atomic E-state index is 14.0. The first-order valence-corrected chi connectivity index (χ1v) is 16.6. The number of carbonyl (C=O) groups excluding carboxylic acids is 3. The number of benzene rings is 4. The van der Waals surface area contributed by atoms with E-state index in [9.17, 15) is 19.5 Å². The lowest BCUT2D eigenvalue weighted by molar-refractivity contribution is 0.0635. The summed E-state index contributed by atoms with van der Waals surface area (Å²) in [5.41, 5.74) is 5.59. The zero-order valence-electron chi connectivity index (χ0n) is 27.1. The van der Waals surface area contributed by atoms with Crippen molar-refractivity contribution < 1.29 is 24.2 Å². The molecule has 49 heavy (non-hydrogen) atoms. The van der Waals surface area contributed by atoms with E-state index in [1.807, 2.05) is 42.5 Å². The van der Waals surface area contributed by atoms with Crippen molar-refractivity contribution >= 4 is 79.3 Å². The molecule has 0 spiro atoms. The van der Waals surface area contributed by atoms with Crippen LogP contribution in [0.25, 0.3) is 32.7 Å². The Hall–Kier alpha value is -5.55. The molecule has 0 unspecified atom stereocenters. The van der Waals surface area contributed by atoms with Crippen LogP contribution in [0.15, 0.2) is 66.7 Å². The van der Waals surface area contributed by atoms with E-state index in [1.165, 1.54) is 0 Å². The molecule has 4 heterocycles. The van der Waals surface area contributed by atoms with Gasteiger partial charge >= 0.3 is 6.09 Å². The van der Waals surface area contributed by atoms with Gasteiger partial charge in [0.15, 0.2) is 5.82 Å². The number of ether oxygens (including phenoxy) is 1. The number of nitrogens with one attached hydrogen (secondary N) is 3. The van der Waals surface area contributed by atoms with Gasteiger partial charge in [-0.3, -0.25) is 14.9 Å². The minimum Gasteiger partial charge on any atom is -0.507 e. The fraction of sp³-hybridized carbons (Fsp3) is 0.243. The highest BCUT2D eigenvalue weighted by molar-refractivity contribution is 6.19. The summed E-state index contributed by atoms with van der Waals surface area (Å²) in [5.74, 6) is 0.0529. The molecule has 8 rings (SSSR count). The van der Waals surface area contributed by atoms with Gasteiger partial charge in [0.2, 0.25) is 0 Å². The van der Waals surface area contributed by atoms with E-state index in [-0.39, 0.29) is 29.3 Å². The van der Waals surface area contributed by atoms with Crippen molar-refractivity contribution in [2.24, 2.45) is 0 Å². The van der Waals surface area contributed by atoms with Crippen molar-refractivity contribution in [1.82, 2.24) is 15.0 Å². The number of imidazole rings is 1. The third-order valence-electron chi connectivity index (χ3n) is 9.15. The van der Waals surface area contributed by atoms with Gasteiger partial charge in [0.1, 0.15) is 17.0 Å². The second kappa shape index (κ2) is 11.3. The Morgan fingerprint density at radius 3 is 2.49 bits per heavy atom. The van der Waals surface area contributed by atoms with E-state index >= 15 is 0 Å². The monoisotopic (exact) mass is 676 g/mol. The average molecular weight is 677 g/mol. The summed E-state index contributed by atoms with van der Waals surface area (Å²) in [6, 6.07) is 20.0. The first-order chi connectivity index (χ1) is 23.5. The number of hydrogen-bond donors (Lipinski definition) is 4. The standard InChI is InChI=1S/C37H33ClN6O5/c1-37(2,3)49-36(48)39-20-8-9-26-27(14-20)42-33(41-26)35(47)43-13-12-21-24-15-28(40-25(24)10-11-29(21)43)34(46)44-18-19(17-38)32-23-7-5-4-6-22(23)31(45)16-30(32)44/h4-11,14-16,19,40,45H,12-13,17-18H2,1-3H3,(H,39,48)(H,41,42)/t19-/m0/s1. The summed E-state index contributed by atoms with van der Waals surface area (Å²) in [6.07, 6.45) is 0.0281. The summed E-state index contributed by atoms with van der Waals surface area (Å²) < 4.78 is 5.33. The van der Waals surface area contributed by atoms with Crippen LogP contribution < -0.4 is 15.1 Å². The number of hydrogen-bond acceptors (Lipinski definition) is 6. The van der Waals surface area contributed by atoms with Gasteiger partial charge in [0.05, 0.1) is 16.7 Å². The van der Waals surface area contributed by atoms with Crippen LogP contribution in [-0.2, 0) is 11.2 Å². The second-order valence-electron chi connectivity index (χ2n) is 13.5. The second-order valence-corrected chi connectivity index (χ2v) is 13.8. The van der Waals surface area contributed by atoms with Crippen LogP contribution in [0.2, 0.25) is 0 Å². The predicted octanol–water partition coefficient (Wildman–Crippen LogP) is 7.44. The zero-order valence-corrected chi connectivity index (χ0v) is 27.8. The maximum atomic E-state index is 14.0. The van der Waals surface area contributed by atoms with Crippen molar-refractivity contribution in [3.8, 4) is 5.75 Å². The van der Waals surface area contributed by atoms with Gasteiger partial charge in [-0.05, 0) is 80.1 Å².